The highest BCUT2D eigenvalue weighted by atomic mass is 16.4. The van der Waals surface area contributed by atoms with Gasteiger partial charge < -0.3 is 4.42 Å². The Hall–Kier alpha value is -2.69. The maximum Gasteiger partial charge on any atom is 0.329 e. The number of aryl methyl sites for hydroxylation is 1. The molecule has 4 aromatic rings. The molecule has 0 fully saturated rings. The first-order valence-corrected chi connectivity index (χ1v) is 6.52. The van der Waals surface area contributed by atoms with Crippen molar-refractivity contribution in [2.75, 3.05) is 0 Å². The maximum absolute atomic E-state index is 6.13. The number of aromatic nitrogens is 4. The lowest BCUT2D eigenvalue weighted by molar-refractivity contribution is -0.652. The highest BCUT2D eigenvalue weighted by molar-refractivity contribution is 6.02. The minimum atomic E-state index is 0.831. The summed E-state index contributed by atoms with van der Waals surface area (Å²) >= 11 is 0. The minimum Gasteiger partial charge on any atom is -0.413 e. The highest BCUT2D eigenvalue weighted by Gasteiger charge is 2.34. The van der Waals surface area contributed by atoms with E-state index in [-0.39, 0.29) is 0 Å². The fourth-order valence-corrected chi connectivity index (χ4v) is 3.16. The fourth-order valence-electron chi connectivity index (χ4n) is 3.16. The highest BCUT2D eigenvalue weighted by Crippen LogP contribution is 2.34. The third kappa shape index (κ3) is 1.02. The van der Waals surface area contributed by atoms with Crippen LogP contribution in [0.25, 0.3) is 33.6 Å². The molecule has 0 atom stereocenters. The monoisotopic (exact) mass is 263 g/mol. The van der Waals surface area contributed by atoms with Gasteiger partial charge in [0.25, 0.3) is 5.89 Å². The van der Waals surface area contributed by atoms with Gasteiger partial charge >= 0.3 is 5.65 Å². The van der Waals surface area contributed by atoms with Crippen molar-refractivity contribution in [3.8, 4) is 11.5 Å². The number of rotatable bonds is 0. The lowest BCUT2D eigenvalue weighted by Crippen LogP contribution is -2.32. The van der Waals surface area contributed by atoms with Gasteiger partial charge in [-0.3, -0.25) is 9.97 Å². The molecule has 0 saturated carbocycles. The van der Waals surface area contributed by atoms with Gasteiger partial charge in [0.1, 0.15) is 12.1 Å². The zero-order chi connectivity index (χ0) is 13.3. The molecule has 0 aliphatic carbocycles. The van der Waals surface area contributed by atoms with Gasteiger partial charge in [0.15, 0.2) is 0 Å². The Morgan fingerprint density at radius 2 is 2.05 bits per heavy atom. The van der Waals surface area contributed by atoms with Crippen LogP contribution in [0.4, 0.5) is 0 Å². The molecule has 5 rings (SSSR count). The van der Waals surface area contributed by atoms with E-state index in [9.17, 15) is 0 Å². The summed E-state index contributed by atoms with van der Waals surface area (Å²) < 4.78 is 10.5. The Morgan fingerprint density at radius 1 is 1.20 bits per heavy atom. The summed E-state index contributed by atoms with van der Waals surface area (Å²) in [6.45, 7) is 0.831. The van der Waals surface area contributed by atoms with Crippen LogP contribution in [-0.4, -0.2) is 14.5 Å². The van der Waals surface area contributed by atoms with Crippen molar-refractivity contribution in [1.29, 1.82) is 0 Å². The Labute approximate surface area is 114 Å². The molecule has 0 saturated heterocycles. The topological polar surface area (TPSA) is 47.7 Å². The number of hydrogen-bond acceptors (Lipinski definition) is 3. The van der Waals surface area contributed by atoms with E-state index in [4.69, 9.17) is 4.42 Å². The van der Waals surface area contributed by atoms with Gasteiger partial charge in [-0.25, -0.2) is 4.57 Å². The van der Waals surface area contributed by atoms with Crippen molar-refractivity contribution in [2.45, 2.75) is 6.54 Å². The Morgan fingerprint density at radius 3 is 3.00 bits per heavy atom. The smallest absolute Gasteiger partial charge is 0.329 e. The van der Waals surface area contributed by atoms with Crippen LogP contribution in [0, 0.1) is 0 Å². The molecule has 1 aliphatic heterocycles. The van der Waals surface area contributed by atoms with Crippen LogP contribution in [0.5, 0.6) is 0 Å². The number of oxazole rings is 1. The Balaban J connectivity index is 1.97. The first-order valence-electron chi connectivity index (χ1n) is 6.52. The van der Waals surface area contributed by atoms with Crippen molar-refractivity contribution in [2.24, 2.45) is 7.05 Å². The summed E-state index contributed by atoms with van der Waals surface area (Å²) in [7, 11) is 2.06. The average Bonchev–Trinajstić information content (AvgIpc) is 3.09. The van der Waals surface area contributed by atoms with Crippen LogP contribution < -0.4 is 4.57 Å². The van der Waals surface area contributed by atoms with E-state index >= 15 is 0 Å². The number of fused-ring (bicyclic) bond motifs is 7. The molecule has 0 aromatic carbocycles. The van der Waals surface area contributed by atoms with Crippen LogP contribution in [0.2, 0.25) is 0 Å². The lowest BCUT2D eigenvalue weighted by Gasteiger charge is -1.92. The van der Waals surface area contributed by atoms with Crippen LogP contribution in [0.3, 0.4) is 0 Å². The van der Waals surface area contributed by atoms with E-state index in [2.05, 4.69) is 26.1 Å². The second-order valence-electron chi connectivity index (χ2n) is 5.13. The van der Waals surface area contributed by atoms with Crippen molar-refractivity contribution >= 4 is 22.1 Å². The van der Waals surface area contributed by atoms with Gasteiger partial charge in [0.2, 0.25) is 5.58 Å². The van der Waals surface area contributed by atoms with E-state index in [1.807, 2.05) is 36.9 Å². The van der Waals surface area contributed by atoms with E-state index in [1.54, 1.807) is 0 Å². The number of nitrogens with zero attached hydrogens (tertiary/aromatic N) is 4. The minimum absolute atomic E-state index is 0.831. The predicted molar refractivity (Wildman–Crippen MR) is 73.0 cm³/mol. The molecule has 0 unspecified atom stereocenters. The van der Waals surface area contributed by atoms with Crippen molar-refractivity contribution < 1.29 is 8.98 Å². The average molecular weight is 263 g/mol. The summed E-state index contributed by atoms with van der Waals surface area (Å²) in [5.74, 6) is 0.888. The van der Waals surface area contributed by atoms with Gasteiger partial charge in [-0.2, -0.15) is 4.57 Å². The molecule has 0 amide bonds. The van der Waals surface area contributed by atoms with Crippen LogP contribution >= 0.6 is 0 Å². The quantitative estimate of drug-likeness (QED) is 0.402. The van der Waals surface area contributed by atoms with Gasteiger partial charge in [0.05, 0.1) is 18.0 Å². The molecule has 5 heteroatoms. The number of hydrogen-bond donors (Lipinski definition) is 0. The fraction of sp³-hybridized carbons (Fsp3) is 0.133. The summed E-state index contributed by atoms with van der Waals surface area (Å²) in [5.41, 5.74) is 5.47. The molecule has 0 N–H and O–H groups in total. The van der Waals surface area contributed by atoms with Crippen molar-refractivity contribution in [3.63, 3.8) is 0 Å². The second kappa shape index (κ2) is 3.25. The lowest BCUT2D eigenvalue weighted by atomic mass is 10.2. The molecule has 20 heavy (non-hydrogen) atoms. The molecule has 5 nitrogen and oxygen atoms in total. The summed E-state index contributed by atoms with van der Waals surface area (Å²) in [5, 5.41) is 1.05. The molecular formula is C15H11N4O+. The van der Waals surface area contributed by atoms with Gasteiger partial charge in [0, 0.05) is 36.4 Å². The van der Waals surface area contributed by atoms with Crippen molar-refractivity contribution in [1.82, 2.24) is 14.5 Å². The first kappa shape index (κ1) is 10.1. The zero-order valence-corrected chi connectivity index (χ0v) is 10.9. The van der Waals surface area contributed by atoms with E-state index in [0.29, 0.717) is 0 Å². The van der Waals surface area contributed by atoms with E-state index in [0.717, 1.165) is 40.1 Å². The van der Waals surface area contributed by atoms with Gasteiger partial charge in [-0.15, -0.1) is 0 Å². The SMILES string of the molecule is Cn1c2ccncc2c2oc3[n+](c21)Cc1ccncc1-3. The molecule has 0 spiro atoms. The number of pyridine rings is 2. The van der Waals surface area contributed by atoms with E-state index in [1.165, 1.54) is 5.56 Å². The molecule has 0 bridgehead atoms. The molecule has 5 heterocycles. The first-order chi connectivity index (χ1) is 9.84. The Bertz CT molecular complexity index is 996. The van der Waals surface area contributed by atoms with Crippen molar-refractivity contribution in [3.05, 3.63) is 42.5 Å². The largest absolute Gasteiger partial charge is 0.413 e. The van der Waals surface area contributed by atoms with Gasteiger partial charge in [-0.05, 0) is 6.07 Å². The van der Waals surface area contributed by atoms with Crippen LogP contribution in [-0.2, 0) is 13.6 Å². The molecule has 4 aromatic heterocycles. The molecule has 0 radical (unpaired) electrons. The third-order valence-corrected chi connectivity index (χ3v) is 4.09. The molecular weight excluding hydrogens is 252 g/mol. The standard InChI is InChI=1S/C15H11N4O/c1-18-12-3-5-17-7-11(12)13-14(18)19-8-9-2-4-16-6-10(9)15(19)20-13/h2-7H,8H2,1H3/q+1. The third-order valence-electron chi connectivity index (χ3n) is 4.09. The summed E-state index contributed by atoms with van der Waals surface area (Å²) in [4.78, 5) is 8.41. The predicted octanol–water partition coefficient (Wildman–Crippen LogP) is 2.03. The Kier molecular flexibility index (Phi) is 1.65. The van der Waals surface area contributed by atoms with E-state index < -0.39 is 0 Å². The molecule has 1 aliphatic rings. The zero-order valence-electron chi connectivity index (χ0n) is 10.9. The molecule has 96 valence electrons. The van der Waals surface area contributed by atoms with Crippen LogP contribution in [0.15, 0.2) is 41.3 Å². The van der Waals surface area contributed by atoms with Gasteiger partial charge in [-0.1, -0.05) is 0 Å². The summed E-state index contributed by atoms with van der Waals surface area (Å²) in [6, 6.07) is 4.06. The second-order valence-corrected chi connectivity index (χ2v) is 5.13. The maximum atomic E-state index is 6.13. The normalized spacial score (nSPS) is 13.1. The van der Waals surface area contributed by atoms with Crippen LogP contribution in [0.1, 0.15) is 5.56 Å². The summed E-state index contributed by atoms with van der Waals surface area (Å²) in [6.07, 6.45) is 7.37.